The lowest BCUT2D eigenvalue weighted by Crippen LogP contribution is -2.50. The molecule has 0 atom stereocenters. The molecule has 3 rings (SSSR count). The van der Waals surface area contributed by atoms with Crippen molar-refractivity contribution >= 4 is 29.1 Å². The lowest BCUT2D eigenvalue weighted by atomic mass is 10.2. The normalized spacial score (nSPS) is 18.9. The molecular weight excluding hydrogens is 352 g/mol. The molecule has 7 heteroatoms. The Labute approximate surface area is 160 Å². The average Bonchev–Trinajstić information content (AvgIpc) is 3.16. The monoisotopic (exact) mass is 378 g/mol. The maximum absolute atomic E-state index is 12.2. The van der Waals surface area contributed by atoms with E-state index in [2.05, 4.69) is 15.1 Å². The van der Waals surface area contributed by atoms with Gasteiger partial charge < -0.3 is 15.1 Å². The van der Waals surface area contributed by atoms with Gasteiger partial charge in [-0.05, 0) is 31.0 Å². The number of nitrogens with zero attached hydrogens (tertiary/aromatic N) is 3. The van der Waals surface area contributed by atoms with E-state index >= 15 is 0 Å². The van der Waals surface area contributed by atoms with Crippen LogP contribution in [0.15, 0.2) is 24.3 Å². The quantitative estimate of drug-likeness (QED) is 0.821. The van der Waals surface area contributed by atoms with Gasteiger partial charge in [-0.2, -0.15) is 0 Å². The maximum atomic E-state index is 12.2. The average molecular weight is 379 g/mol. The molecule has 1 aromatic rings. The zero-order valence-electron chi connectivity index (χ0n) is 15.1. The fraction of sp³-hybridized carbons (Fsp3) is 0.579. The van der Waals surface area contributed by atoms with Crippen LogP contribution in [0.5, 0.6) is 0 Å². The van der Waals surface area contributed by atoms with E-state index in [1.54, 1.807) is 12.1 Å². The summed E-state index contributed by atoms with van der Waals surface area (Å²) in [6.45, 7) is 6.67. The Bertz CT molecular complexity index is 626. The molecule has 0 spiro atoms. The van der Waals surface area contributed by atoms with Crippen LogP contribution in [-0.2, 0) is 9.59 Å². The Morgan fingerprint density at radius 2 is 1.69 bits per heavy atom. The summed E-state index contributed by atoms with van der Waals surface area (Å²) in [4.78, 5) is 30.8. The van der Waals surface area contributed by atoms with Crippen molar-refractivity contribution in [2.45, 2.75) is 19.3 Å². The Morgan fingerprint density at radius 3 is 2.38 bits per heavy atom. The standard InChI is InChI=1S/C19H27ClN4O2/c20-16-4-3-5-17(14-16)21-18(25)6-9-22-10-12-23(13-11-22)15-19(26)24-7-1-2-8-24/h3-5,14H,1-2,6-13,15H2,(H,21,25). The van der Waals surface area contributed by atoms with Crippen LogP contribution in [0.4, 0.5) is 5.69 Å². The number of rotatable bonds is 6. The predicted molar refractivity (Wildman–Crippen MR) is 103 cm³/mol. The van der Waals surface area contributed by atoms with Gasteiger partial charge in [0, 0.05) is 62.9 Å². The van der Waals surface area contributed by atoms with Crippen LogP contribution >= 0.6 is 11.6 Å². The molecule has 0 bridgehead atoms. The van der Waals surface area contributed by atoms with Crippen molar-refractivity contribution in [3.05, 3.63) is 29.3 Å². The number of halogens is 1. The van der Waals surface area contributed by atoms with E-state index in [1.165, 1.54) is 0 Å². The molecular formula is C19H27ClN4O2. The molecule has 26 heavy (non-hydrogen) atoms. The van der Waals surface area contributed by atoms with Crippen molar-refractivity contribution in [2.24, 2.45) is 0 Å². The zero-order chi connectivity index (χ0) is 18.4. The lowest BCUT2D eigenvalue weighted by molar-refractivity contribution is -0.131. The van der Waals surface area contributed by atoms with Gasteiger partial charge in [-0.25, -0.2) is 0 Å². The van der Waals surface area contributed by atoms with Gasteiger partial charge in [-0.1, -0.05) is 17.7 Å². The van der Waals surface area contributed by atoms with Gasteiger partial charge >= 0.3 is 0 Å². The molecule has 1 aromatic carbocycles. The topological polar surface area (TPSA) is 55.9 Å². The molecule has 6 nitrogen and oxygen atoms in total. The second-order valence-corrected chi connectivity index (χ2v) is 7.45. The molecule has 2 fully saturated rings. The summed E-state index contributed by atoms with van der Waals surface area (Å²) in [5.74, 6) is 0.260. The first-order valence-corrected chi connectivity index (χ1v) is 9.76. The molecule has 1 N–H and O–H groups in total. The van der Waals surface area contributed by atoms with Crippen LogP contribution in [0.25, 0.3) is 0 Å². The van der Waals surface area contributed by atoms with Crippen LogP contribution in [0.1, 0.15) is 19.3 Å². The third kappa shape index (κ3) is 5.69. The van der Waals surface area contributed by atoms with E-state index < -0.39 is 0 Å². The molecule has 0 aromatic heterocycles. The Morgan fingerprint density at radius 1 is 1.00 bits per heavy atom. The molecule has 142 valence electrons. The number of hydrogen-bond acceptors (Lipinski definition) is 4. The van der Waals surface area contributed by atoms with Crippen molar-refractivity contribution in [1.29, 1.82) is 0 Å². The summed E-state index contributed by atoms with van der Waals surface area (Å²) >= 11 is 5.93. The van der Waals surface area contributed by atoms with Crippen molar-refractivity contribution in [1.82, 2.24) is 14.7 Å². The minimum atomic E-state index is -0.00101. The predicted octanol–water partition coefficient (Wildman–Crippen LogP) is 1.91. The molecule has 2 saturated heterocycles. The van der Waals surface area contributed by atoms with Gasteiger partial charge in [0.25, 0.3) is 0 Å². The van der Waals surface area contributed by atoms with E-state index in [1.807, 2.05) is 17.0 Å². The highest BCUT2D eigenvalue weighted by Gasteiger charge is 2.23. The van der Waals surface area contributed by atoms with Gasteiger partial charge in [0.1, 0.15) is 0 Å². The van der Waals surface area contributed by atoms with Crippen molar-refractivity contribution in [3.8, 4) is 0 Å². The number of carbonyl (C=O) groups excluding carboxylic acids is 2. The Kier molecular flexibility index (Phi) is 6.88. The fourth-order valence-electron chi connectivity index (χ4n) is 3.48. The van der Waals surface area contributed by atoms with Gasteiger partial charge in [0.15, 0.2) is 0 Å². The smallest absolute Gasteiger partial charge is 0.236 e. The molecule has 2 heterocycles. The summed E-state index contributed by atoms with van der Waals surface area (Å²) < 4.78 is 0. The number of nitrogens with one attached hydrogen (secondary N) is 1. The highest BCUT2D eigenvalue weighted by molar-refractivity contribution is 6.30. The first-order valence-electron chi connectivity index (χ1n) is 9.38. The number of amides is 2. The van der Waals surface area contributed by atoms with E-state index in [0.29, 0.717) is 18.0 Å². The van der Waals surface area contributed by atoms with Crippen LogP contribution in [0.2, 0.25) is 5.02 Å². The second-order valence-electron chi connectivity index (χ2n) is 7.01. The van der Waals surface area contributed by atoms with Gasteiger partial charge in [0.2, 0.25) is 11.8 Å². The van der Waals surface area contributed by atoms with Crippen LogP contribution < -0.4 is 5.32 Å². The van der Waals surface area contributed by atoms with Crippen LogP contribution in [-0.4, -0.2) is 78.9 Å². The summed E-state index contributed by atoms with van der Waals surface area (Å²) in [5, 5.41) is 3.49. The first-order chi connectivity index (χ1) is 12.6. The van der Waals surface area contributed by atoms with E-state index in [0.717, 1.165) is 64.3 Å². The van der Waals surface area contributed by atoms with Crippen molar-refractivity contribution < 1.29 is 9.59 Å². The maximum Gasteiger partial charge on any atom is 0.236 e. The summed E-state index contributed by atoms with van der Waals surface area (Å²) in [5.41, 5.74) is 0.729. The van der Waals surface area contributed by atoms with E-state index in [-0.39, 0.29) is 11.8 Å². The zero-order valence-corrected chi connectivity index (χ0v) is 15.9. The largest absolute Gasteiger partial charge is 0.342 e. The summed E-state index contributed by atoms with van der Waals surface area (Å²) in [6, 6.07) is 7.18. The molecule has 0 aliphatic carbocycles. The van der Waals surface area contributed by atoms with E-state index in [4.69, 9.17) is 11.6 Å². The number of benzene rings is 1. The van der Waals surface area contributed by atoms with Gasteiger partial charge in [-0.3, -0.25) is 14.5 Å². The molecule has 2 aliphatic heterocycles. The molecule has 2 amide bonds. The Hall–Kier alpha value is -1.63. The van der Waals surface area contributed by atoms with Crippen molar-refractivity contribution in [2.75, 3.05) is 57.7 Å². The van der Waals surface area contributed by atoms with E-state index in [9.17, 15) is 9.59 Å². The number of anilines is 1. The number of piperazine rings is 1. The molecule has 2 aliphatic rings. The third-order valence-electron chi connectivity index (χ3n) is 5.05. The number of hydrogen-bond donors (Lipinski definition) is 1. The molecule has 0 radical (unpaired) electrons. The minimum absolute atomic E-state index is 0.00101. The van der Waals surface area contributed by atoms with Crippen LogP contribution in [0, 0.1) is 0 Å². The second kappa shape index (κ2) is 9.35. The number of carbonyl (C=O) groups is 2. The van der Waals surface area contributed by atoms with Crippen LogP contribution in [0.3, 0.4) is 0 Å². The highest BCUT2D eigenvalue weighted by Crippen LogP contribution is 2.15. The summed E-state index contributed by atoms with van der Waals surface area (Å²) in [6.07, 6.45) is 2.73. The van der Waals surface area contributed by atoms with Gasteiger partial charge in [0.05, 0.1) is 6.54 Å². The SMILES string of the molecule is O=C(CCN1CCN(CC(=O)N2CCCC2)CC1)Nc1cccc(Cl)c1. The van der Waals surface area contributed by atoms with Gasteiger partial charge in [-0.15, -0.1) is 0 Å². The first kappa shape index (κ1) is 19.1. The highest BCUT2D eigenvalue weighted by atomic mass is 35.5. The number of likely N-dealkylation sites (tertiary alicyclic amines) is 1. The minimum Gasteiger partial charge on any atom is -0.342 e. The molecule has 0 saturated carbocycles. The van der Waals surface area contributed by atoms with Crippen molar-refractivity contribution in [3.63, 3.8) is 0 Å². The summed E-state index contributed by atoms with van der Waals surface area (Å²) in [7, 11) is 0. The fourth-order valence-corrected chi connectivity index (χ4v) is 3.67. The molecule has 0 unspecified atom stereocenters. The third-order valence-corrected chi connectivity index (χ3v) is 5.28. The lowest BCUT2D eigenvalue weighted by Gasteiger charge is -2.34. The Balaban J connectivity index is 1.33.